The number of imidazole rings is 1. The van der Waals surface area contributed by atoms with Gasteiger partial charge >= 0.3 is 5.97 Å². The van der Waals surface area contributed by atoms with Crippen LogP contribution in [-0.2, 0) is 20.9 Å². The van der Waals surface area contributed by atoms with Gasteiger partial charge in [-0.05, 0) is 12.1 Å². The zero-order valence-electron chi connectivity index (χ0n) is 12.1. The molecule has 0 N–H and O–H groups in total. The van der Waals surface area contributed by atoms with Crippen LogP contribution in [0.15, 0.2) is 24.3 Å². The topological polar surface area (TPSA) is 64.4 Å². The van der Waals surface area contributed by atoms with E-state index in [1.807, 2.05) is 28.8 Å². The highest BCUT2D eigenvalue weighted by Gasteiger charge is 2.32. The third kappa shape index (κ3) is 2.37. The summed E-state index contributed by atoms with van der Waals surface area (Å²) in [6.45, 7) is 0.740. The number of carbonyl (C=O) groups excluding carboxylic acids is 2. The van der Waals surface area contributed by atoms with Crippen LogP contribution in [0.25, 0.3) is 11.0 Å². The second kappa shape index (κ2) is 5.20. The van der Waals surface area contributed by atoms with Crippen LogP contribution in [0, 0.1) is 0 Å². The van der Waals surface area contributed by atoms with Crippen molar-refractivity contribution in [2.24, 2.45) is 0 Å². The van der Waals surface area contributed by atoms with Gasteiger partial charge in [0, 0.05) is 25.9 Å². The Bertz CT molecular complexity index is 707. The van der Waals surface area contributed by atoms with E-state index in [1.165, 1.54) is 7.11 Å². The van der Waals surface area contributed by atoms with Crippen LogP contribution in [0.4, 0.5) is 0 Å². The van der Waals surface area contributed by atoms with Gasteiger partial charge in [-0.3, -0.25) is 9.59 Å². The Morgan fingerprint density at radius 3 is 2.86 bits per heavy atom. The number of methoxy groups -OCH3 is 1. The first-order chi connectivity index (χ1) is 10.1. The van der Waals surface area contributed by atoms with Crippen LogP contribution in [-0.4, -0.2) is 47.0 Å². The van der Waals surface area contributed by atoms with Gasteiger partial charge in [-0.15, -0.1) is 0 Å². The number of aromatic nitrogens is 2. The van der Waals surface area contributed by atoms with Crippen LogP contribution in [0.5, 0.6) is 0 Å². The summed E-state index contributed by atoms with van der Waals surface area (Å²) < 4.78 is 6.63. The number of rotatable bonds is 3. The van der Waals surface area contributed by atoms with E-state index >= 15 is 0 Å². The number of amides is 1. The summed E-state index contributed by atoms with van der Waals surface area (Å²) in [7, 11) is 3.16. The van der Waals surface area contributed by atoms with Gasteiger partial charge in [0.25, 0.3) is 0 Å². The minimum Gasteiger partial charge on any atom is -0.468 e. The molecule has 110 valence electrons. The van der Waals surface area contributed by atoms with Crippen molar-refractivity contribution in [1.82, 2.24) is 14.5 Å². The van der Waals surface area contributed by atoms with Crippen molar-refractivity contribution in [2.75, 3.05) is 20.7 Å². The minimum absolute atomic E-state index is 0.0135. The number of likely N-dealkylation sites (N-methyl/N-ethyl adjacent to an activating group) is 1. The molecule has 1 atom stereocenters. The summed E-state index contributed by atoms with van der Waals surface area (Å²) in [5, 5.41) is 0. The number of benzene rings is 1. The van der Waals surface area contributed by atoms with Crippen molar-refractivity contribution < 1.29 is 14.3 Å². The third-order valence-electron chi connectivity index (χ3n) is 3.91. The maximum atomic E-state index is 11.8. The average Bonchev–Trinajstić information content (AvgIpc) is 3.00. The highest BCUT2D eigenvalue weighted by atomic mass is 16.5. The zero-order chi connectivity index (χ0) is 15.0. The van der Waals surface area contributed by atoms with Crippen LogP contribution < -0.4 is 0 Å². The second-order valence-corrected chi connectivity index (χ2v) is 5.30. The van der Waals surface area contributed by atoms with Crippen LogP contribution in [0.1, 0.15) is 18.2 Å². The van der Waals surface area contributed by atoms with Crippen molar-refractivity contribution in [2.45, 2.75) is 18.9 Å². The molecule has 0 aliphatic carbocycles. The molecule has 1 amide bonds. The van der Waals surface area contributed by atoms with Crippen molar-refractivity contribution in [3.8, 4) is 0 Å². The summed E-state index contributed by atoms with van der Waals surface area (Å²) in [5.41, 5.74) is 1.72. The van der Waals surface area contributed by atoms with Gasteiger partial charge in [0.05, 0.1) is 18.1 Å². The van der Waals surface area contributed by atoms with Gasteiger partial charge in [0.1, 0.15) is 12.4 Å². The van der Waals surface area contributed by atoms with E-state index in [1.54, 1.807) is 11.9 Å². The van der Waals surface area contributed by atoms with E-state index in [9.17, 15) is 9.59 Å². The monoisotopic (exact) mass is 287 g/mol. The van der Waals surface area contributed by atoms with E-state index in [0.717, 1.165) is 16.9 Å². The molecule has 6 heteroatoms. The molecule has 1 aliphatic heterocycles. The number of para-hydroxylation sites is 2. The van der Waals surface area contributed by atoms with Gasteiger partial charge in [-0.2, -0.15) is 0 Å². The quantitative estimate of drug-likeness (QED) is 0.795. The van der Waals surface area contributed by atoms with E-state index in [0.29, 0.717) is 13.0 Å². The van der Waals surface area contributed by atoms with Crippen LogP contribution >= 0.6 is 0 Å². The molecule has 0 unspecified atom stereocenters. The molecule has 1 aromatic heterocycles. The molecule has 0 radical (unpaired) electrons. The smallest absolute Gasteiger partial charge is 0.325 e. The molecule has 1 fully saturated rings. The fraction of sp³-hybridized carbons (Fsp3) is 0.400. The maximum absolute atomic E-state index is 11.8. The van der Waals surface area contributed by atoms with Crippen molar-refractivity contribution >= 4 is 22.9 Å². The Morgan fingerprint density at radius 2 is 2.19 bits per heavy atom. The van der Waals surface area contributed by atoms with E-state index < -0.39 is 0 Å². The van der Waals surface area contributed by atoms with Crippen molar-refractivity contribution in [3.05, 3.63) is 30.1 Å². The molecule has 0 spiro atoms. The number of carbonyl (C=O) groups is 2. The summed E-state index contributed by atoms with van der Waals surface area (Å²) in [6, 6.07) is 7.66. The highest BCUT2D eigenvalue weighted by Crippen LogP contribution is 2.29. The maximum Gasteiger partial charge on any atom is 0.325 e. The summed E-state index contributed by atoms with van der Waals surface area (Å²) in [4.78, 5) is 29.8. The highest BCUT2D eigenvalue weighted by molar-refractivity contribution is 5.81. The fourth-order valence-electron chi connectivity index (χ4n) is 2.80. The summed E-state index contributed by atoms with van der Waals surface area (Å²) in [5.74, 6) is 0.576. The SMILES string of the molecule is COC(=O)Cn1c([C@@H]2CC(=O)N(C)C2)nc2ccccc21. The first-order valence-corrected chi connectivity index (χ1v) is 6.86. The van der Waals surface area contributed by atoms with Gasteiger partial charge < -0.3 is 14.2 Å². The normalized spacial score (nSPS) is 18.5. The fourth-order valence-corrected chi connectivity index (χ4v) is 2.80. The average molecular weight is 287 g/mol. The van der Waals surface area contributed by atoms with Gasteiger partial charge in [0.15, 0.2) is 0 Å². The molecule has 21 heavy (non-hydrogen) atoms. The summed E-state index contributed by atoms with van der Waals surface area (Å²) in [6.07, 6.45) is 0.432. The molecule has 3 rings (SSSR count). The van der Waals surface area contributed by atoms with Crippen molar-refractivity contribution in [1.29, 1.82) is 0 Å². The van der Waals surface area contributed by atoms with Crippen LogP contribution in [0.3, 0.4) is 0 Å². The molecule has 1 aliphatic rings. The summed E-state index contributed by atoms with van der Waals surface area (Å²) >= 11 is 0. The van der Waals surface area contributed by atoms with E-state index in [2.05, 4.69) is 4.98 Å². The number of hydrogen-bond donors (Lipinski definition) is 0. The Hall–Kier alpha value is -2.37. The number of likely N-dealkylation sites (tertiary alicyclic amines) is 1. The van der Waals surface area contributed by atoms with Crippen molar-refractivity contribution in [3.63, 3.8) is 0 Å². The lowest BCUT2D eigenvalue weighted by molar-refractivity contribution is -0.141. The van der Waals surface area contributed by atoms with Gasteiger partial charge in [-0.1, -0.05) is 12.1 Å². The molecular formula is C15H17N3O3. The first kappa shape index (κ1) is 13.6. The molecule has 2 heterocycles. The molecule has 0 saturated carbocycles. The number of fused-ring (bicyclic) bond motifs is 1. The Labute approximate surface area is 122 Å². The van der Waals surface area contributed by atoms with Gasteiger partial charge in [-0.25, -0.2) is 4.98 Å². The van der Waals surface area contributed by atoms with E-state index in [-0.39, 0.29) is 24.3 Å². The lowest BCUT2D eigenvalue weighted by atomic mass is 10.1. The largest absolute Gasteiger partial charge is 0.468 e. The number of esters is 1. The van der Waals surface area contributed by atoms with Gasteiger partial charge in [0.2, 0.25) is 5.91 Å². The molecule has 1 aromatic carbocycles. The predicted octanol–water partition coefficient (Wildman–Crippen LogP) is 1.15. The Morgan fingerprint density at radius 1 is 1.43 bits per heavy atom. The van der Waals surface area contributed by atoms with Crippen LogP contribution in [0.2, 0.25) is 0 Å². The Kier molecular flexibility index (Phi) is 3.37. The number of hydrogen-bond acceptors (Lipinski definition) is 4. The zero-order valence-corrected chi connectivity index (χ0v) is 12.1. The number of ether oxygens (including phenoxy) is 1. The first-order valence-electron chi connectivity index (χ1n) is 6.86. The molecule has 1 saturated heterocycles. The predicted molar refractivity (Wildman–Crippen MR) is 76.7 cm³/mol. The minimum atomic E-state index is -0.322. The molecule has 2 aromatic rings. The standard InChI is InChI=1S/C15H17N3O3/c1-17-8-10(7-13(17)19)15-16-11-5-3-4-6-12(11)18(15)9-14(20)21-2/h3-6,10H,7-9H2,1-2H3/t10-/m1/s1. The third-order valence-corrected chi connectivity index (χ3v) is 3.91. The number of nitrogens with zero attached hydrogens (tertiary/aromatic N) is 3. The Balaban J connectivity index is 2.06. The lowest BCUT2D eigenvalue weighted by Crippen LogP contribution is -2.20. The molecule has 6 nitrogen and oxygen atoms in total. The molecule has 0 bridgehead atoms. The lowest BCUT2D eigenvalue weighted by Gasteiger charge is -2.12. The van der Waals surface area contributed by atoms with E-state index in [4.69, 9.17) is 4.74 Å². The second-order valence-electron chi connectivity index (χ2n) is 5.30. The molecular weight excluding hydrogens is 270 g/mol.